The van der Waals surface area contributed by atoms with Crippen LogP contribution in [0, 0.1) is 5.82 Å². The summed E-state index contributed by atoms with van der Waals surface area (Å²) >= 11 is 12.7. The van der Waals surface area contributed by atoms with Crippen molar-refractivity contribution in [2.24, 2.45) is 0 Å². The largest absolute Gasteiger partial charge is 0.350 e. The van der Waals surface area contributed by atoms with E-state index in [1.165, 1.54) is 29.2 Å². The van der Waals surface area contributed by atoms with Crippen molar-refractivity contribution in [3.8, 4) is 0 Å². The molecule has 0 aliphatic heterocycles. The van der Waals surface area contributed by atoms with Gasteiger partial charge >= 0.3 is 0 Å². The number of benzene rings is 2. The van der Waals surface area contributed by atoms with Gasteiger partial charge in [-0.3, -0.25) is 13.9 Å². The van der Waals surface area contributed by atoms with E-state index < -0.39 is 27.4 Å². The fourth-order valence-corrected chi connectivity index (χ4v) is 5.35. The fourth-order valence-electron chi connectivity index (χ4n) is 3.86. The summed E-state index contributed by atoms with van der Waals surface area (Å²) in [7, 11) is -3.80. The first kappa shape index (κ1) is 30.9. The van der Waals surface area contributed by atoms with Gasteiger partial charge in [0.1, 0.15) is 11.9 Å². The SMILES string of the molecule is CC[C@H](C(=O)NC(C)(C)C)N(Cc1c(Cl)cccc1Cl)C(=O)CCCN(c1ccccc1F)S(C)(=O)=O. The van der Waals surface area contributed by atoms with Gasteiger partial charge in [-0.15, -0.1) is 0 Å². The first-order valence-electron chi connectivity index (χ1n) is 11.9. The van der Waals surface area contributed by atoms with E-state index in [9.17, 15) is 22.4 Å². The minimum Gasteiger partial charge on any atom is -0.350 e. The molecule has 0 fully saturated rings. The summed E-state index contributed by atoms with van der Waals surface area (Å²) in [6.07, 6.45) is 1.34. The van der Waals surface area contributed by atoms with E-state index in [4.69, 9.17) is 23.2 Å². The van der Waals surface area contributed by atoms with E-state index in [-0.39, 0.29) is 43.4 Å². The number of para-hydroxylation sites is 1. The minimum atomic E-state index is -3.80. The maximum absolute atomic E-state index is 14.3. The number of nitrogens with zero attached hydrogens (tertiary/aromatic N) is 2. The Labute approximate surface area is 229 Å². The molecule has 2 aromatic carbocycles. The zero-order chi connectivity index (χ0) is 28.0. The molecule has 2 rings (SSSR count). The summed E-state index contributed by atoms with van der Waals surface area (Å²) in [6.45, 7) is 7.21. The highest BCUT2D eigenvalue weighted by Gasteiger charge is 2.31. The van der Waals surface area contributed by atoms with Crippen molar-refractivity contribution in [2.75, 3.05) is 17.1 Å². The van der Waals surface area contributed by atoms with Crippen LogP contribution in [0.1, 0.15) is 52.5 Å². The molecule has 1 N–H and O–H groups in total. The van der Waals surface area contributed by atoms with Crippen LogP contribution in [0.25, 0.3) is 0 Å². The summed E-state index contributed by atoms with van der Waals surface area (Å²) in [6, 6.07) is 9.73. The monoisotopic (exact) mass is 573 g/mol. The van der Waals surface area contributed by atoms with Crippen LogP contribution in [-0.2, 0) is 26.2 Å². The van der Waals surface area contributed by atoms with Crippen molar-refractivity contribution >= 4 is 50.7 Å². The van der Waals surface area contributed by atoms with Crippen molar-refractivity contribution in [3.63, 3.8) is 0 Å². The molecule has 204 valence electrons. The lowest BCUT2D eigenvalue weighted by Gasteiger charge is -2.33. The number of halogens is 3. The van der Waals surface area contributed by atoms with Crippen LogP contribution >= 0.6 is 23.2 Å². The topological polar surface area (TPSA) is 86.8 Å². The molecule has 11 heteroatoms. The molecule has 0 spiro atoms. The molecule has 1 atom stereocenters. The Bertz CT molecular complexity index is 1200. The predicted molar refractivity (Wildman–Crippen MR) is 147 cm³/mol. The first-order valence-corrected chi connectivity index (χ1v) is 14.5. The fraction of sp³-hybridized carbons (Fsp3) is 0.462. The lowest BCUT2D eigenvalue weighted by atomic mass is 10.0. The molecule has 0 unspecified atom stereocenters. The summed E-state index contributed by atoms with van der Waals surface area (Å²) in [5.74, 6) is -1.39. The van der Waals surface area contributed by atoms with Gasteiger partial charge in [0.15, 0.2) is 0 Å². The quantitative estimate of drug-likeness (QED) is 0.390. The zero-order valence-corrected chi connectivity index (χ0v) is 24.1. The van der Waals surface area contributed by atoms with Crippen molar-refractivity contribution in [3.05, 3.63) is 63.9 Å². The van der Waals surface area contributed by atoms with Gasteiger partial charge in [0.2, 0.25) is 21.8 Å². The highest BCUT2D eigenvalue weighted by atomic mass is 35.5. The van der Waals surface area contributed by atoms with Crippen LogP contribution in [0.4, 0.5) is 10.1 Å². The molecule has 2 amide bonds. The van der Waals surface area contributed by atoms with Gasteiger partial charge < -0.3 is 10.2 Å². The van der Waals surface area contributed by atoms with Gasteiger partial charge in [0.25, 0.3) is 0 Å². The van der Waals surface area contributed by atoms with E-state index in [0.29, 0.717) is 22.0 Å². The Morgan fingerprint density at radius 3 is 2.16 bits per heavy atom. The molecular formula is C26H34Cl2FN3O4S. The average molecular weight is 575 g/mol. The molecule has 0 aliphatic rings. The number of rotatable bonds is 11. The number of hydrogen-bond acceptors (Lipinski definition) is 4. The minimum absolute atomic E-state index is 0.00346. The smallest absolute Gasteiger partial charge is 0.243 e. The molecule has 0 aromatic heterocycles. The molecular weight excluding hydrogens is 540 g/mol. The molecule has 0 saturated heterocycles. The van der Waals surface area contributed by atoms with Crippen LogP contribution < -0.4 is 9.62 Å². The van der Waals surface area contributed by atoms with Crippen LogP contribution in [0.5, 0.6) is 0 Å². The van der Waals surface area contributed by atoms with Crippen molar-refractivity contribution in [1.29, 1.82) is 0 Å². The number of hydrogen-bond donors (Lipinski definition) is 1. The third-order valence-electron chi connectivity index (χ3n) is 5.55. The molecule has 0 bridgehead atoms. The molecule has 2 aromatic rings. The Balaban J connectivity index is 2.31. The predicted octanol–water partition coefficient (Wildman–Crippen LogP) is 5.40. The summed E-state index contributed by atoms with van der Waals surface area (Å²) in [4.78, 5) is 28.0. The van der Waals surface area contributed by atoms with Gasteiger partial charge in [-0.1, -0.05) is 48.3 Å². The Kier molecular flexibility index (Phi) is 10.8. The van der Waals surface area contributed by atoms with Crippen molar-refractivity contribution in [1.82, 2.24) is 10.2 Å². The van der Waals surface area contributed by atoms with Gasteiger partial charge in [-0.05, 0) is 57.9 Å². The maximum atomic E-state index is 14.3. The molecule has 37 heavy (non-hydrogen) atoms. The van der Waals surface area contributed by atoms with Gasteiger partial charge in [-0.2, -0.15) is 0 Å². The molecule has 0 radical (unpaired) electrons. The van der Waals surface area contributed by atoms with E-state index in [2.05, 4.69) is 5.32 Å². The third-order valence-corrected chi connectivity index (χ3v) is 7.44. The van der Waals surface area contributed by atoms with Crippen molar-refractivity contribution in [2.45, 2.75) is 65.1 Å². The van der Waals surface area contributed by atoms with E-state index in [1.807, 2.05) is 20.8 Å². The zero-order valence-electron chi connectivity index (χ0n) is 21.7. The van der Waals surface area contributed by atoms with Crippen LogP contribution in [0.3, 0.4) is 0 Å². The van der Waals surface area contributed by atoms with E-state index >= 15 is 0 Å². The lowest BCUT2D eigenvalue weighted by molar-refractivity contribution is -0.142. The maximum Gasteiger partial charge on any atom is 0.243 e. The standard InChI is InChI=1S/C26H34Cl2FN3O4S/c1-6-22(25(34)30-26(2,3)4)31(17-18-19(27)11-9-12-20(18)28)24(33)15-10-16-32(37(5,35)36)23-14-8-7-13-21(23)29/h7-9,11-14,22H,6,10,15-17H2,1-5H3,(H,30,34)/t22-/m1/s1. The molecule has 0 heterocycles. The number of amides is 2. The van der Waals surface area contributed by atoms with Crippen LogP contribution in [0.15, 0.2) is 42.5 Å². The Hall–Kier alpha value is -2.36. The second kappa shape index (κ2) is 12.9. The highest BCUT2D eigenvalue weighted by molar-refractivity contribution is 7.92. The van der Waals surface area contributed by atoms with Crippen LogP contribution in [-0.4, -0.2) is 49.5 Å². The first-order chi connectivity index (χ1) is 17.2. The summed E-state index contributed by atoms with van der Waals surface area (Å²) in [5, 5.41) is 3.64. The Morgan fingerprint density at radius 1 is 1.05 bits per heavy atom. The Morgan fingerprint density at radius 2 is 1.65 bits per heavy atom. The highest BCUT2D eigenvalue weighted by Crippen LogP contribution is 2.28. The normalized spacial score (nSPS) is 12.6. The van der Waals surface area contributed by atoms with E-state index in [0.717, 1.165) is 10.6 Å². The average Bonchev–Trinajstić information content (AvgIpc) is 2.77. The second-order valence-electron chi connectivity index (χ2n) is 9.78. The summed E-state index contributed by atoms with van der Waals surface area (Å²) in [5.41, 5.74) is -0.102. The lowest BCUT2D eigenvalue weighted by Crippen LogP contribution is -2.53. The molecule has 0 aliphatic carbocycles. The van der Waals surface area contributed by atoms with Gasteiger partial charge in [0.05, 0.1) is 11.9 Å². The van der Waals surface area contributed by atoms with Gasteiger partial charge in [0, 0.05) is 40.7 Å². The number of anilines is 1. The number of carbonyl (C=O) groups excluding carboxylic acids is 2. The number of nitrogens with one attached hydrogen (secondary N) is 1. The second-order valence-corrected chi connectivity index (χ2v) is 12.5. The molecule has 0 saturated carbocycles. The molecule has 7 nitrogen and oxygen atoms in total. The van der Waals surface area contributed by atoms with Crippen molar-refractivity contribution < 1.29 is 22.4 Å². The third kappa shape index (κ3) is 8.86. The van der Waals surface area contributed by atoms with E-state index in [1.54, 1.807) is 25.1 Å². The summed E-state index contributed by atoms with van der Waals surface area (Å²) < 4.78 is 40.0. The van der Waals surface area contributed by atoms with Crippen LogP contribution in [0.2, 0.25) is 10.0 Å². The number of sulfonamides is 1. The van der Waals surface area contributed by atoms with Gasteiger partial charge in [-0.25, -0.2) is 12.8 Å². The number of carbonyl (C=O) groups is 2.